The van der Waals surface area contributed by atoms with Gasteiger partial charge >= 0.3 is 5.97 Å². The predicted molar refractivity (Wildman–Crippen MR) is 92.8 cm³/mol. The summed E-state index contributed by atoms with van der Waals surface area (Å²) in [4.78, 5) is 23.4. The van der Waals surface area contributed by atoms with Gasteiger partial charge in [0, 0.05) is 11.8 Å². The summed E-state index contributed by atoms with van der Waals surface area (Å²) in [7, 11) is 1.56. The molecule has 0 unspecified atom stereocenters. The number of anilines is 1. The molecule has 0 fully saturated rings. The van der Waals surface area contributed by atoms with Gasteiger partial charge in [-0.3, -0.25) is 4.79 Å². The van der Waals surface area contributed by atoms with E-state index in [4.69, 9.17) is 14.7 Å². The van der Waals surface area contributed by atoms with Gasteiger partial charge in [0.25, 0.3) is 5.91 Å². The number of ether oxygens (including phenoxy) is 2. The van der Waals surface area contributed by atoms with E-state index in [1.165, 1.54) is 6.08 Å². The minimum Gasteiger partial charge on any atom is -0.497 e. The van der Waals surface area contributed by atoms with Crippen molar-refractivity contribution in [2.45, 2.75) is 0 Å². The van der Waals surface area contributed by atoms with Gasteiger partial charge in [0.05, 0.1) is 18.7 Å². The second-order valence-corrected chi connectivity index (χ2v) is 4.95. The Morgan fingerprint density at radius 2 is 1.96 bits per heavy atom. The predicted octanol–water partition coefficient (Wildman–Crippen LogP) is 2.76. The smallest absolute Gasteiger partial charge is 0.331 e. The molecule has 0 aliphatic carbocycles. The first-order valence-corrected chi connectivity index (χ1v) is 7.39. The lowest BCUT2D eigenvalue weighted by Crippen LogP contribution is -2.20. The molecule has 25 heavy (non-hydrogen) atoms. The van der Waals surface area contributed by atoms with Crippen LogP contribution in [0.4, 0.5) is 5.69 Å². The van der Waals surface area contributed by atoms with Crippen molar-refractivity contribution in [2.24, 2.45) is 0 Å². The van der Waals surface area contributed by atoms with Gasteiger partial charge in [-0.2, -0.15) is 5.26 Å². The number of hydrogen-bond donors (Lipinski definition) is 1. The van der Waals surface area contributed by atoms with E-state index in [9.17, 15) is 9.59 Å². The van der Waals surface area contributed by atoms with E-state index in [2.05, 4.69) is 5.32 Å². The fourth-order valence-corrected chi connectivity index (χ4v) is 1.92. The number of nitrogens with zero attached hydrogens (tertiary/aromatic N) is 1. The summed E-state index contributed by atoms with van der Waals surface area (Å²) in [6.45, 7) is -0.402. The van der Waals surface area contributed by atoms with Crippen LogP contribution in [0.25, 0.3) is 6.08 Å². The highest BCUT2D eigenvalue weighted by molar-refractivity contribution is 5.94. The minimum absolute atomic E-state index is 0.402. The molecular weight excluding hydrogens is 320 g/mol. The number of rotatable bonds is 6. The average Bonchev–Trinajstić information content (AvgIpc) is 2.65. The van der Waals surface area contributed by atoms with Crippen molar-refractivity contribution in [1.82, 2.24) is 0 Å². The number of benzene rings is 2. The molecule has 1 N–H and O–H groups in total. The Bertz CT molecular complexity index is 820. The second kappa shape index (κ2) is 8.89. The van der Waals surface area contributed by atoms with Crippen LogP contribution in [0.5, 0.6) is 5.75 Å². The Morgan fingerprint density at radius 1 is 1.20 bits per heavy atom. The molecule has 0 saturated heterocycles. The van der Waals surface area contributed by atoms with E-state index < -0.39 is 18.5 Å². The summed E-state index contributed by atoms with van der Waals surface area (Å²) in [5.41, 5.74) is 1.79. The lowest BCUT2D eigenvalue weighted by molar-refractivity contribution is -0.142. The van der Waals surface area contributed by atoms with Crippen LogP contribution in [0.1, 0.15) is 11.1 Å². The molecule has 0 spiro atoms. The molecule has 0 atom stereocenters. The number of amides is 1. The van der Waals surface area contributed by atoms with E-state index in [0.29, 0.717) is 17.0 Å². The molecule has 0 heterocycles. The first kappa shape index (κ1) is 17.8. The van der Waals surface area contributed by atoms with Gasteiger partial charge < -0.3 is 14.8 Å². The maximum atomic E-state index is 11.7. The molecule has 6 nitrogen and oxygen atoms in total. The summed E-state index contributed by atoms with van der Waals surface area (Å²) in [6, 6.07) is 15.5. The maximum absolute atomic E-state index is 11.7. The molecule has 0 radical (unpaired) electrons. The number of nitrogens with one attached hydrogen (secondary N) is 1. The van der Waals surface area contributed by atoms with Crippen molar-refractivity contribution in [3.05, 3.63) is 65.7 Å². The Morgan fingerprint density at radius 3 is 2.64 bits per heavy atom. The average molecular weight is 336 g/mol. The van der Waals surface area contributed by atoms with E-state index in [1.54, 1.807) is 55.7 Å². The first-order chi connectivity index (χ1) is 12.1. The number of nitriles is 1. The van der Waals surface area contributed by atoms with E-state index in [-0.39, 0.29) is 0 Å². The Balaban J connectivity index is 1.81. The molecule has 2 aromatic rings. The Labute approximate surface area is 145 Å². The third-order valence-electron chi connectivity index (χ3n) is 3.15. The van der Waals surface area contributed by atoms with Crippen molar-refractivity contribution in [3.63, 3.8) is 0 Å². The van der Waals surface area contributed by atoms with E-state index in [1.807, 2.05) is 12.1 Å². The topological polar surface area (TPSA) is 88.4 Å². The third kappa shape index (κ3) is 5.84. The van der Waals surface area contributed by atoms with Gasteiger partial charge in [0.15, 0.2) is 6.61 Å². The van der Waals surface area contributed by atoms with Gasteiger partial charge in [0.2, 0.25) is 0 Å². The Hall–Kier alpha value is -3.59. The Kier molecular flexibility index (Phi) is 6.32. The summed E-state index contributed by atoms with van der Waals surface area (Å²) in [5, 5.41) is 11.3. The largest absolute Gasteiger partial charge is 0.497 e. The molecule has 0 bridgehead atoms. The summed E-state index contributed by atoms with van der Waals surface area (Å²) >= 11 is 0. The maximum Gasteiger partial charge on any atom is 0.331 e. The number of methoxy groups -OCH3 is 1. The van der Waals surface area contributed by atoms with Gasteiger partial charge in [0.1, 0.15) is 5.75 Å². The van der Waals surface area contributed by atoms with Crippen molar-refractivity contribution >= 4 is 23.6 Å². The second-order valence-electron chi connectivity index (χ2n) is 4.95. The molecule has 0 aromatic heterocycles. The lowest BCUT2D eigenvalue weighted by Gasteiger charge is -2.05. The molecule has 1 amide bonds. The molecule has 126 valence electrons. The quantitative estimate of drug-likeness (QED) is 0.647. The van der Waals surface area contributed by atoms with Gasteiger partial charge in [-0.05, 0) is 48.0 Å². The number of carbonyl (C=O) groups excluding carboxylic acids is 2. The van der Waals surface area contributed by atoms with E-state index >= 15 is 0 Å². The van der Waals surface area contributed by atoms with Crippen LogP contribution < -0.4 is 10.1 Å². The van der Waals surface area contributed by atoms with E-state index in [0.717, 1.165) is 5.56 Å². The first-order valence-electron chi connectivity index (χ1n) is 7.39. The number of esters is 1. The van der Waals surface area contributed by atoms with Crippen LogP contribution in [0, 0.1) is 11.3 Å². The van der Waals surface area contributed by atoms with Crippen molar-refractivity contribution in [2.75, 3.05) is 19.0 Å². The standard InChI is InChI=1S/C19H16N2O4/c1-24-17-4-2-3-14(11-17)7-10-19(23)25-13-18(22)21-16-8-5-15(12-20)6-9-16/h2-11H,13H2,1H3,(H,21,22)/b10-7+. The summed E-state index contributed by atoms with van der Waals surface area (Å²) in [6.07, 6.45) is 2.81. The molecule has 0 aliphatic rings. The van der Waals surface area contributed by atoms with Crippen LogP contribution in [0.2, 0.25) is 0 Å². The van der Waals surface area contributed by atoms with Gasteiger partial charge in [-0.25, -0.2) is 4.79 Å². The highest BCUT2D eigenvalue weighted by atomic mass is 16.5. The number of carbonyl (C=O) groups is 2. The monoisotopic (exact) mass is 336 g/mol. The highest BCUT2D eigenvalue weighted by Crippen LogP contribution is 2.13. The highest BCUT2D eigenvalue weighted by Gasteiger charge is 2.06. The SMILES string of the molecule is COc1cccc(/C=C/C(=O)OCC(=O)Nc2ccc(C#N)cc2)c1. The zero-order valence-electron chi connectivity index (χ0n) is 13.6. The van der Waals surface area contributed by atoms with Crippen molar-refractivity contribution < 1.29 is 19.1 Å². The van der Waals surface area contributed by atoms with Crippen LogP contribution in [0.3, 0.4) is 0 Å². The minimum atomic E-state index is -0.627. The zero-order valence-corrected chi connectivity index (χ0v) is 13.6. The fraction of sp³-hybridized carbons (Fsp3) is 0.105. The number of hydrogen-bond acceptors (Lipinski definition) is 5. The molecule has 2 rings (SSSR count). The normalized spacial score (nSPS) is 10.1. The lowest BCUT2D eigenvalue weighted by atomic mass is 10.2. The van der Waals surface area contributed by atoms with Crippen LogP contribution in [0.15, 0.2) is 54.6 Å². The van der Waals surface area contributed by atoms with Crippen molar-refractivity contribution in [1.29, 1.82) is 5.26 Å². The molecule has 0 saturated carbocycles. The van der Waals surface area contributed by atoms with Crippen LogP contribution in [-0.2, 0) is 14.3 Å². The van der Waals surface area contributed by atoms with Crippen LogP contribution in [-0.4, -0.2) is 25.6 Å². The molecular formula is C19H16N2O4. The van der Waals surface area contributed by atoms with Crippen LogP contribution >= 0.6 is 0 Å². The molecule has 0 aliphatic heterocycles. The third-order valence-corrected chi connectivity index (χ3v) is 3.15. The zero-order chi connectivity index (χ0) is 18.1. The van der Waals surface area contributed by atoms with Gasteiger partial charge in [-0.1, -0.05) is 12.1 Å². The molecule has 6 heteroatoms. The summed E-state index contributed by atoms with van der Waals surface area (Å²) in [5.74, 6) is -0.414. The van der Waals surface area contributed by atoms with Gasteiger partial charge in [-0.15, -0.1) is 0 Å². The summed E-state index contributed by atoms with van der Waals surface area (Å²) < 4.78 is 9.97. The molecule has 2 aromatic carbocycles. The fourth-order valence-electron chi connectivity index (χ4n) is 1.92. The van der Waals surface area contributed by atoms with Crippen molar-refractivity contribution in [3.8, 4) is 11.8 Å².